The maximum Gasteiger partial charge on any atom is 0.0964 e. The highest BCUT2D eigenvalue weighted by molar-refractivity contribution is 7.11. The summed E-state index contributed by atoms with van der Waals surface area (Å²) in [6, 6.07) is 0. The van der Waals surface area contributed by atoms with Crippen LogP contribution in [0.25, 0.3) is 0 Å². The van der Waals surface area contributed by atoms with Gasteiger partial charge in [-0.25, -0.2) is 4.98 Å². The van der Waals surface area contributed by atoms with Crippen molar-refractivity contribution >= 4 is 11.3 Å². The molecule has 0 atom stereocenters. The molecule has 18 heavy (non-hydrogen) atoms. The fourth-order valence-corrected chi connectivity index (χ4v) is 3.83. The molecule has 4 heteroatoms. The van der Waals surface area contributed by atoms with E-state index in [1.165, 1.54) is 28.4 Å². The first-order valence-corrected chi connectivity index (χ1v) is 7.98. The molecule has 2 heterocycles. The first kappa shape index (κ1) is 12.6. The minimum atomic E-state index is 0.650. The van der Waals surface area contributed by atoms with Gasteiger partial charge in [0.2, 0.25) is 0 Å². The van der Waals surface area contributed by atoms with E-state index in [9.17, 15) is 0 Å². The zero-order valence-electron chi connectivity index (χ0n) is 11.1. The predicted octanol–water partition coefficient (Wildman–Crippen LogP) is 3.02. The van der Waals surface area contributed by atoms with Gasteiger partial charge >= 0.3 is 0 Å². The van der Waals surface area contributed by atoms with E-state index in [-0.39, 0.29) is 0 Å². The Hall–Kier alpha value is -0.450. The molecule has 1 saturated heterocycles. The molecule has 0 unspecified atom stereocenters. The van der Waals surface area contributed by atoms with Crippen LogP contribution in [0, 0.1) is 0 Å². The number of ether oxygens (including phenoxy) is 1. The Bertz CT molecular complexity index is 394. The van der Waals surface area contributed by atoms with Crippen molar-refractivity contribution in [1.29, 1.82) is 0 Å². The number of hydrogen-bond donors (Lipinski definition) is 1. The second-order valence-electron chi connectivity index (χ2n) is 5.30. The summed E-state index contributed by atoms with van der Waals surface area (Å²) in [4.78, 5) is 6.46. The van der Waals surface area contributed by atoms with E-state index < -0.39 is 0 Å². The third kappa shape index (κ3) is 2.76. The number of aromatic nitrogens is 1. The maximum absolute atomic E-state index is 5.45. The summed E-state index contributed by atoms with van der Waals surface area (Å²) in [6.07, 6.45) is 4.99. The quantitative estimate of drug-likeness (QED) is 0.889. The van der Waals surface area contributed by atoms with Gasteiger partial charge in [0.05, 0.1) is 10.7 Å². The van der Waals surface area contributed by atoms with E-state index >= 15 is 0 Å². The Morgan fingerprint density at radius 2 is 2.00 bits per heavy atom. The number of thiazole rings is 1. The highest BCUT2D eigenvalue weighted by Gasteiger charge is 2.31. The summed E-state index contributed by atoms with van der Waals surface area (Å²) in [5.74, 6) is 1.42. The monoisotopic (exact) mass is 266 g/mol. The van der Waals surface area contributed by atoms with Crippen molar-refractivity contribution in [3.8, 4) is 0 Å². The molecule has 1 aliphatic carbocycles. The lowest BCUT2D eigenvalue weighted by Crippen LogP contribution is -2.13. The van der Waals surface area contributed by atoms with Crippen molar-refractivity contribution in [2.24, 2.45) is 0 Å². The fourth-order valence-electron chi connectivity index (χ4n) is 2.54. The van der Waals surface area contributed by atoms with Gasteiger partial charge in [0, 0.05) is 36.5 Å². The number of nitrogens with zero attached hydrogens (tertiary/aromatic N) is 1. The van der Waals surface area contributed by atoms with Crippen LogP contribution in [0.1, 0.15) is 60.0 Å². The Morgan fingerprint density at radius 3 is 2.67 bits per heavy atom. The second-order valence-corrected chi connectivity index (χ2v) is 6.42. The normalized spacial score (nSPS) is 21.4. The standard InChI is InChI=1S/C14H22N2OS/c1-2-15-9-12-13(10-3-4-10)16-14(18-12)11-5-7-17-8-6-11/h10-11,15H,2-9H2,1H3. The number of hydrogen-bond acceptors (Lipinski definition) is 4. The zero-order valence-corrected chi connectivity index (χ0v) is 11.9. The second kappa shape index (κ2) is 5.68. The molecule has 100 valence electrons. The van der Waals surface area contributed by atoms with Crippen LogP contribution in [0.5, 0.6) is 0 Å². The van der Waals surface area contributed by atoms with Crippen molar-refractivity contribution in [3.05, 3.63) is 15.6 Å². The van der Waals surface area contributed by atoms with Crippen molar-refractivity contribution in [3.63, 3.8) is 0 Å². The van der Waals surface area contributed by atoms with Crippen LogP contribution in [-0.2, 0) is 11.3 Å². The molecule has 0 amide bonds. The third-order valence-corrected chi connectivity index (χ3v) is 5.05. The molecule has 1 saturated carbocycles. The van der Waals surface area contributed by atoms with Crippen LogP contribution in [0.15, 0.2) is 0 Å². The molecule has 1 aromatic heterocycles. The zero-order chi connectivity index (χ0) is 12.4. The van der Waals surface area contributed by atoms with E-state index in [1.807, 2.05) is 11.3 Å². The molecule has 0 spiro atoms. The van der Waals surface area contributed by atoms with Gasteiger partial charge in [0.25, 0.3) is 0 Å². The first-order valence-electron chi connectivity index (χ1n) is 7.16. The summed E-state index contributed by atoms with van der Waals surface area (Å²) >= 11 is 1.95. The summed E-state index contributed by atoms with van der Waals surface area (Å²) in [5, 5.41) is 4.82. The van der Waals surface area contributed by atoms with Crippen LogP contribution in [0.4, 0.5) is 0 Å². The van der Waals surface area contributed by atoms with Gasteiger partial charge in [-0.3, -0.25) is 0 Å². The Morgan fingerprint density at radius 1 is 1.22 bits per heavy atom. The molecule has 0 bridgehead atoms. The van der Waals surface area contributed by atoms with Crippen LogP contribution >= 0.6 is 11.3 Å². The first-order chi connectivity index (χ1) is 8.88. The van der Waals surface area contributed by atoms with Crippen molar-refractivity contribution in [2.75, 3.05) is 19.8 Å². The molecule has 0 radical (unpaired) electrons. The lowest BCUT2D eigenvalue weighted by molar-refractivity contribution is 0.0852. The largest absolute Gasteiger partial charge is 0.381 e. The maximum atomic E-state index is 5.45. The van der Waals surface area contributed by atoms with Gasteiger partial charge < -0.3 is 10.1 Å². The molecule has 0 aromatic carbocycles. The molecule has 3 rings (SSSR count). The molecular weight excluding hydrogens is 244 g/mol. The van der Waals surface area contributed by atoms with Crippen molar-refractivity contribution in [1.82, 2.24) is 10.3 Å². The highest BCUT2D eigenvalue weighted by Crippen LogP contribution is 2.44. The predicted molar refractivity (Wildman–Crippen MR) is 74.3 cm³/mol. The lowest BCUT2D eigenvalue weighted by atomic mass is 10.0. The van der Waals surface area contributed by atoms with E-state index in [0.717, 1.165) is 45.1 Å². The molecule has 2 fully saturated rings. The van der Waals surface area contributed by atoms with Gasteiger partial charge in [-0.1, -0.05) is 6.92 Å². The molecule has 1 aromatic rings. The molecule has 1 aliphatic heterocycles. The van der Waals surface area contributed by atoms with Crippen LogP contribution in [0.2, 0.25) is 0 Å². The SMILES string of the molecule is CCNCc1sc(C2CCOCC2)nc1C1CC1. The highest BCUT2D eigenvalue weighted by atomic mass is 32.1. The summed E-state index contributed by atoms with van der Waals surface area (Å²) < 4.78 is 5.45. The van der Waals surface area contributed by atoms with Crippen LogP contribution in [0.3, 0.4) is 0 Å². The van der Waals surface area contributed by atoms with Gasteiger partial charge in [-0.05, 0) is 32.2 Å². The molecular formula is C14H22N2OS. The average molecular weight is 266 g/mol. The van der Waals surface area contributed by atoms with Gasteiger partial charge in [-0.2, -0.15) is 0 Å². The fraction of sp³-hybridized carbons (Fsp3) is 0.786. The van der Waals surface area contributed by atoms with Crippen molar-refractivity contribution < 1.29 is 4.74 Å². The molecule has 3 nitrogen and oxygen atoms in total. The van der Waals surface area contributed by atoms with E-state index in [2.05, 4.69) is 12.2 Å². The summed E-state index contributed by atoms with van der Waals surface area (Å²) in [7, 11) is 0. The topological polar surface area (TPSA) is 34.1 Å². The molecule has 2 aliphatic rings. The Balaban J connectivity index is 1.77. The average Bonchev–Trinajstić information content (AvgIpc) is 3.18. The third-order valence-electron chi connectivity index (χ3n) is 3.81. The van der Waals surface area contributed by atoms with Gasteiger partial charge in [-0.15, -0.1) is 11.3 Å². The van der Waals surface area contributed by atoms with E-state index in [4.69, 9.17) is 9.72 Å². The van der Waals surface area contributed by atoms with Gasteiger partial charge in [0.1, 0.15) is 0 Å². The lowest BCUT2D eigenvalue weighted by Gasteiger charge is -2.19. The van der Waals surface area contributed by atoms with Crippen LogP contribution in [-0.4, -0.2) is 24.7 Å². The Kier molecular flexibility index (Phi) is 3.97. The van der Waals surface area contributed by atoms with Crippen molar-refractivity contribution in [2.45, 2.75) is 51.0 Å². The smallest absolute Gasteiger partial charge is 0.0964 e. The van der Waals surface area contributed by atoms with E-state index in [0.29, 0.717) is 5.92 Å². The van der Waals surface area contributed by atoms with Crippen LogP contribution < -0.4 is 5.32 Å². The number of nitrogens with one attached hydrogen (secondary N) is 1. The van der Waals surface area contributed by atoms with Gasteiger partial charge in [0.15, 0.2) is 0 Å². The van der Waals surface area contributed by atoms with E-state index in [1.54, 1.807) is 0 Å². The molecule has 1 N–H and O–H groups in total. The summed E-state index contributed by atoms with van der Waals surface area (Å²) in [6.45, 7) is 6.02. The minimum Gasteiger partial charge on any atom is -0.381 e. The Labute approximate surface area is 113 Å². The minimum absolute atomic E-state index is 0.650. The summed E-state index contributed by atoms with van der Waals surface area (Å²) in [5.41, 5.74) is 1.41. The number of rotatable bonds is 5.